The fraction of sp³-hybridized carbons (Fsp3) is 0.250. The summed E-state index contributed by atoms with van der Waals surface area (Å²) < 4.78 is 1.11. The molecule has 0 aliphatic rings. The van der Waals surface area contributed by atoms with E-state index in [-0.39, 0.29) is 6.04 Å². The van der Waals surface area contributed by atoms with Crippen LogP contribution in [0, 0.1) is 0 Å². The van der Waals surface area contributed by atoms with Gasteiger partial charge in [-0.1, -0.05) is 58.9 Å². The van der Waals surface area contributed by atoms with Gasteiger partial charge in [-0.05, 0) is 37.1 Å². The topological polar surface area (TPSA) is 12.0 Å². The standard InChI is InChI=1S/C16H20BrN/c1-4-5-6-8-13(2)14(3)18-12-15-9-7-10-16(17)11-15/h4-11,14,18H,2,12H2,1,3H3/b5-4-,8-6-. The van der Waals surface area contributed by atoms with E-state index in [1.165, 1.54) is 5.56 Å². The number of allylic oxidation sites excluding steroid dienone is 3. The SMILES string of the molecule is C=C(/C=C\C=C/C)C(C)NCc1cccc(Br)c1. The van der Waals surface area contributed by atoms with E-state index >= 15 is 0 Å². The first-order valence-corrected chi connectivity index (χ1v) is 6.88. The Morgan fingerprint density at radius 3 is 2.89 bits per heavy atom. The second kappa shape index (κ2) is 8.06. The third kappa shape index (κ3) is 5.48. The van der Waals surface area contributed by atoms with Gasteiger partial charge in [0.2, 0.25) is 0 Å². The van der Waals surface area contributed by atoms with Crippen LogP contribution in [0.25, 0.3) is 0 Å². The maximum absolute atomic E-state index is 4.06. The third-order valence-electron chi connectivity index (χ3n) is 2.67. The number of rotatable bonds is 6. The summed E-state index contributed by atoms with van der Waals surface area (Å²) in [6.45, 7) is 9.04. The van der Waals surface area contributed by atoms with Crippen LogP contribution in [-0.4, -0.2) is 6.04 Å². The molecule has 0 saturated carbocycles. The molecule has 1 aromatic carbocycles. The molecule has 2 heteroatoms. The van der Waals surface area contributed by atoms with E-state index in [9.17, 15) is 0 Å². The molecule has 1 N–H and O–H groups in total. The fourth-order valence-corrected chi connectivity index (χ4v) is 1.93. The van der Waals surface area contributed by atoms with Crippen LogP contribution >= 0.6 is 15.9 Å². The van der Waals surface area contributed by atoms with Gasteiger partial charge in [0.1, 0.15) is 0 Å². The number of hydrogen-bond acceptors (Lipinski definition) is 1. The van der Waals surface area contributed by atoms with Gasteiger partial charge in [0.15, 0.2) is 0 Å². The zero-order valence-corrected chi connectivity index (χ0v) is 12.6. The summed E-state index contributed by atoms with van der Waals surface area (Å²) in [4.78, 5) is 0. The minimum absolute atomic E-state index is 0.269. The van der Waals surface area contributed by atoms with E-state index in [4.69, 9.17) is 0 Å². The highest BCUT2D eigenvalue weighted by atomic mass is 79.9. The number of halogens is 1. The molecular weight excluding hydrogens is 286 g/mol. The smallest absolute Gasteiger partial charge is 0.0289 e. The Hall–Kier alpha value is -1.12. The van der Waals surface area contributed by atoms with Crippen LogP contribution in [0.2, 0.25) is 0 Å². The molecule has 0 bridgehead atoms. The van der Waals surface area contributed by atoms with Crippen molar-refractivity contribution in [3.8, 4) is 0 Å². The van der Waals surface area contributed by atoms with E-state index in [1.54, 1.807) is 0 Å². The Morgan fingerprint density at radius 1 is 1.44 bits per heavy atom. The van der Waals surface area contributed by atoms with Crippen LogP contribution in [-0.2, 0) is 6.54 Å². The van der Waals surface area contributed by atoms with Crippen molar-refractivity contribution in [2.75, 3.05) is 0 Å². The minimum Gasteiger partial charge on any atom is -0.306 e. The summed E-state index contributed by atoms with van der Waals surface area (Å²) in [6.07, 6.45) is 8.06. The summed E-state index contributed by atoms with van der Waals surface area (Å²) in [5, 5.41) is 3.46. The van der Waals surface area contributed by atoms with Gasteiger partial charge in [0.25, 0.3) is 0 Å². The van der Waals surface area contributed by atoms with E-state index in [0.717, 1.165) is 16.6 Å². The van der Waals surface area contributed by atoms with Crippen LogP contribution in [0.5, 0.6) is 0 Å². The van der Waals surface area contributed by atoms with Gasteiger partial charge in [-0.3, -0.25) is 0 Å². The summed E-state index contributed by atoms with van der Waals surface area (Å²) in [6, 6.07) is 8.59. The molecule has 0 aromatic heterocycles. The molecule has 0 amide bonds. The molecule has 1 rings (SSSR count). The largest absolute Gasteiger partial charge is 0.306 e. The van der Waals surface area contributed by atoms with Crippen molar-refractivity contribution in [3.05, 3.63) is 70.8 Å². The van der Waals surface area contributed by atoms with Gasteiger partial charge in [0, 0.05) is 17.1 Å². The van der Waals surface area contributed by atoms with Crippen LogP contribution in [0.15, 0.2) is 65.2 Å². The van der Waals surface area contributed by atoms with Gasteiger partial charge >= 0.3 is 0 Å². The number of hydrogen-bond donors (Lipinski definition) is 1. The quantitative estimate of drug-likeness (QED) is 0.756. The first-order valence-electron chi connectivity index (χ1n) is 6.09. The lowest BCUT2D eigenvalue weighted by molar-refractivity contribution is 0.618. The monoisotopic (exact) mass is 305 g/mol. The highest BCUT2D eigenvalue weighted by Gasteiger charge is 2.03. The highest BCUT2D eigenvalue weighted by Crippen LogP contribution is 2.12. The molecule has 18 heavy (non-hydrogen) atoms. The van der Waals surface area contributed by atoms with Crippen molar-refractivity contribution in [2.24, 2.45) is 0 Å². The predicted octanol–water partition coefficient (Wildman–Crippen LogP) is 4.62. The van der Waals surface area contributed by atoms with Crippen LogP contribution in [0.4, 0.5) is 0 Å². The van der Waals surface area contributed by atoms with E-state index in [0.29, 0.717) is 0 Å². The van der Waals surface area contributed by atoms with E-state index in [2.05, 4.69) is 46.9 Å². The van der Waals surface area contributed by atoms with Gasteiger partial charge in [-0.15, -0.1) is 0 Å². The second-order valence-corrected chi connectivity index (χ2v) is 5.11. The van der Waals surface area contributed by atoms with Crippen molar-refractivity contribution in [1.82, 2.24) is 5.32 Å². The molecule has 1 atom stereocenters. The molecule has 0 aliphatic heterocycles. The van der Waals surface area contributed by atoms with Gasteiger partial charge in [-0.2, -0.15) is 0 Å². The van der Waals surface area contributed by atoms with Crippen molar-refractivity contribution in [3.63, 3.8) is 0 Å². The second-order valence-electron chi connectivity index (χ2n) is 4.19. The van der Waals surface area contributed by atoms with E-state index < -0.39 is 0 Å². The van der Waals surface area contributed by atoms with Crippen LogP contribution in [0.1, 0.15) is 19.4 Å². The lowest BCUT2D eigenvalue weighted by Gasteiger charge is -2.14. The molecule has 0 aliphatic carbocycles. The first kappa shape index (κ1) is 14.9. The summed E-state index contributed by atoms with van der Waals surface area (Å²) in [5.74, 6) is 0. The third-order valence-corrected chi connectivity index (χ3v) is 3.16. The van der Waals surface area contributed by atoms with Crippen molar-refractivity contribution >= 4 is 15.9 Å². The average Bonchev–Trinajstić information content (AvgIpc) is 2.36. The number of benzene rings is 1. The molecular formula is C16H20BrN. The fourth-order valence-electron chi connectivity index (χ4n) is 1.48. The van der Waals surface area contributed by atoms with Gasteiger partial charge < -0.3 is 5.32 Å². The lowest BCUT2D eigenvalue weighted by atomic mass is 10.1. The van der Waals surface area contributed by atoms with Gasteiger partial charge in [-0.25, -0.2) is 0 Å². The molecule has 1 aromatic rings. The first-order chi connectivity index (χ1) is 8.63. The average molecular weight is 306 g/mol. The van der Waals surface area contributed by atoms with Crippen LogP contribution < -0.4 is 5.32 Å². The predicted molar refractivity (Wildman–Crippen MR) is 83.5 cm³/mol. The molecule has 0 saturated heterocycles. The Balaban J connectivity index is 2.45. The molecule has 96 valence electrons. The zero-order chi connectivity index (χ0) is 13.4. The molecule has 0 fully saturated rings. The Kier molecular flexibility index (Phi) is 6.69. The summed E-state index contributed by atoms with van der Waals surface area (Å²) >= 11 is 3.48. The lowest BCUT2D eigenvalue weighted by Crippen LogP contribution is -2.26. The van der Waals surface area contributed by atoms with Crippen molar-refractivity contribution in [1.29, 1.82) is 0 Å². The Morgan fingerprint density at radius 2 is 2.22 bits per heavy atom. The summed E-state index contributed by atoms with van der Waals surface area (Å²) in [7, 11) is 0. The Bertz CT molecular complexity index is 446. The maximum Gasteiger partial charge on any atom is 0.0289 e. The minimum atomic E-state index is 0.269. The summed E-state index contributed by atoms with van der Waals surface area (Å²) in [5.41, 5.74) is 2.35. The molecule has 0 spiro atoms. The zero-order valence-electron chi connectivity index (χ0n) is 11.0. The van der Waals surface area contributed by atoms with Gasteiger partial charge in [0.05, 0.1) is 0 Å². The van der Waals surface area contributed by atoms with Crippen molar-refractivity contribution in [2.45, 2.75) is 26.4 Å². The molecule has 1 nitrogen and oxygen atoms in total. The normalized spacial score (nSPS) is 13.3. The number of nitrogens with one attached hydrogen (secondary N) is 1. The molecule has 0 heterocycles. The molecule has 1 unspecified atom stereocenters. The van der Waals surface area contributed by atoms with E-state index in [1.807, 2.05) is 43.4 Å². The maximum atomic E-state index is 4.06. The van der Waals surface area contributed by atoms with Crippen LogP contribution in [0.3, 0.4) is 0 Å². The Labute approximate surface area is 118 Å². The highest BCUT2D eigenvalue weighted by molar-refractivity contribution is 9.10. The van der Waals surface area contributed by atoms with Crippen molar-refractivity contribution < 1.29 is 0 Å². The molecule has 0 radical (unpaired) electrons.